The Balaban J connectivity index is 2.52. The minimum Gasteiger partial charge on any atom is -0.465 e. The van der Waals surface area contributed by atoms with E-state index in [1.165, 1.54) is 44.6 Å². The molecule has 0 aromatic heterocycles. The van der Waals surface area contributed by atoms with Crippen LogP contribution in [0.5, 0.6) is 0 Å². The van der Waals surface area contributed by atoms with Gasteiger partial charge in [-0.15, -0.1) is 0 Å². The van der Waals surface area contributed by atoms with Crippen LogP contribution in [0.25, 0.3) is 0 Å². The fraction of sp³-hybridized carbons (Fsp3) is 0.286. The highest BCUT2D eigenvalue weighted by Gasteiger charge is 2.24. The minimum absolute atomic E-state index is 0.0162. The number of nitro groups is 1. The number of hydrogen-bond acceptors (Lipinski definition) is 9. The number of methoxy groups -OCH3 is 2. The average Bonchev–Trinajstić information content (AvgIpc) is 2.71. The maximum Gasteiger partial charge on any atom is 0.339 e. The molecule has 0 radical (unpaired) electrons. The molecular formula is C21H21NO8S. The molecule has 0 saturated heterocycles. The molecule has 0 unspecified atom stereocenters. The molecule has 0 heterocycles. The Morgan fingerprint density at radius 1 is 0.871 bits per heavy atom. The molecule has 2 aromatic carbocycles. The molecular weight excluding hydrogens is 426 g/mol. The lowest BCUT2D eigenvalue weighted by Gasteiger charge is -2.19. The first-order chi connectivity index (χ1) is 14.5. The zero-order valence-electron chi connectivity index (χ0n) is 17.6. The molecule has 10 heteroatoms. The van der Waals surface area contributed by atoms with Crippen molar-refractivity contribution in [1.29, 1.82) is 0 Å². The van der Waals surface area contributed by atoms with Crippen molar-refractivity contribution in [2.24, 2.45) is 0 Å². The van der Waals surface area contributed by atoms with E-state index in [1.54, 1.807) is 20.8 Å². The summed E-state index contributed by atoms with van der Waals surface area (Å²) in [6, 6.07) is 8.04. The van der Waals surface area contributed by atoms with Gasteiger partial charge in [-0.05, 0) is 51.1 Å². The lowest BCUT2D eigenvalue weighted by atomic mass is 10.1. The van der Waals surface area contributed by atoms with Gasteiger partial charge in [-0.3, -0.25) is 10.1 Å². The summed E-state index contributed by atoms with van der Waals surface area (Å²) < 4.78 is 14.7. The van der Waals surface area contributed by atoms with Gasteiger partial charge in [0.05, 0.1) is 40.7 Å². The van der Waals surface area contributed by atoms with Gasteiger partial charge in [0, 0.05) is 11.0 Å². The summed E-state index contributed by atoms with van der Waals surface area (Å²) in [7, 11) is 2.41. The van der Waals surface area contributed by atoms with Crippen molar-refractivity contribution in [1.82, 2.24) is 0 Å². The van der Waals surface area contributed by atoms with E-state index < -0.39 is 28.4 Å². The Morgan fingerprint density at radius 2 is 1.45 bits per heavy atom. The Labute approximate surface area is 182 Å². The summed E-state index contributed by atoms with van der Waals surface area (Å²) in [5, 5.41) is 11.6. The highest BCUT2D eigenvalue weighted by atomic mass is 32.2. The van der Waals surface area contributed by atoms with E-state index in [0.29, 0.717) is 0 Å². The zero-order chi connectivity index (χ0) is 23.3. The van der Waals surface area contributed by atoms with Crippen molar-refractivity contribution >= 4 is 35.4 Å². The summed E-state index contributed by atoms with van der Waals surface area (Å²) in [5.74, 6) is -2.00. The number of carbonyl (C=O) groups is 3. The van der Waals surface area contributed by atoms with Crippen LogP contribution in [0, 0.1) is 10.1 Å². The molecule has 31 heavy (non-hydrogen) atoms. The maximum absolute atomic E-state index is 12.3. The van der Waals surface area contributed by atoms with E-state index in [0.717, 1.165) is 17.8 Å². The van der Waals surface area contributed by atoms with E-state index in [2.05, 4.69) is 4.74 Å². The number of hydrogen-bond donors (Lipinski definition) is 0. The molecule has 0 N–H and O–H groups in total. The van der Waals surface area contributed by atoms with Crippen LogP contribution >= 0.6 is 11.8 Å². The van der Waals surface area contributed by atoms with Gasteiger partial charge in [-0.25, -0.2) is 14.4 Å². The highest BCUT2D eigenvalue weighted by molar-refractivity contribution is 7.99. The monoisotopic (exact) mass is 447 g/mol. The van der Waals surface area contributed by atoms with E-state index in [1.807, 2.05) is 0 Å². The first kappa shape index (κ1) is 23.9. The van der Waals surface area contributed by atoms with E-state index in [9.17, 15) is 24.5 Å². The highest BCUT2D eigenvalue weighted by Crippen LogP contribution is 2.38. The number of esters is 3. The molecule has 164 valence electrons. The summed E-state index contributed by atoms with van der Waals surface area (Å²) in [6.07, 6.45) is 0. The van der Waals surface area contributed by atoms with Crippen LogP contribution in [0.4, 0.5) is 5.69 Å². The van der Waals surface area contributed by atoms with Crippen LogP contribution in [0.1, 0.15) is 51.8 Å². The van der Waals surface area contributed by atoms with E-state index in [-0.39, 0.29) is 32.2 Å². The fourth-order valence-corrected chi connectivity index (χ4v) is 3.52. The Bertz CT molecular complexity index is 1040. The van der Waals surface area contributed by atoms with Crippen LogP contribution in [0.3, 0.4) is 0 Å². The fourth-order valence-electron chi connectivity index (χ4n) is 2.46. The molecule has 0 bridgehead atoms. The standard InChI is InChI=1S/C21H21NO8S/c1-21(2,3)30-19(24)12-7-9-16(15(10-12)22(26)27)31-17-11-13(18(23)28-4)6-8-14(17)20(25)29-5/h6-11H,1-5H3. The van der Waals surface area contributed by atoms with Gasteiger partial charge < -0.3 is 14.2 Å². The molecule has 0 spiro atoms. The maximum atomic E-state index is 12.3. The Hall–Kier alpha value is -3.40. The number of carbonyl (C=O) groups excluding carboxylic acids is 3. The van der Waals surface area contributed by atoms with Crippen LogP contribution in [0.2, 0.25) is 0 Å². The number of nitrogens with zero attached hydrogens (tertiary/aromatic N) is 1. The number of nitro benzene ring substituents is 1. The minimum atomic E-state index is -0.761. The third-order valence-corrected chi connectivity index (χ3v) is 4.94. The number of rotatable bonds is 6. The lowest BCUT2D eigenvalue weighted by molar-refractivity contribution is -0.387. The van der Waals surface area contributed by atoms with Gasteiger partial charge in [0.25, 0.3) is 5.69 Å². The smallest absolute Gasteiger partial charge is 0.339 e. The van der Waals surface area contributed by atoms with Crippen LogP contribution < -0.4 is 0 Å². The second-order valence-electron chi connectivity index (χ2n) is 7.24. The summed E-state index contributed by atoms with van der Waals surface area (Å²) >= 11 is 0.886. The van der Waals surface area contributed by atoms with Gasteiger partial charge in [-0.1, -0.05) is 11.8 Å². The van der Waals surface area contributed by atoms with Crippen molar-refractivity contribution < 1.29 is 33.5 Å². The van der Waals surface area contributed by atoms with Gasteiger partial charge in [0.2, 0.25) is 0 Å². The first-order valence-electron chi connectivity index (χ1n) is 8.97. The third-order valence-electron chi connectivity index (χ3n) is 3.82. The predicted molar refractivity (Wildman–Crippen MR) is 112 cm³/mol. The summed E-state index contributed by atoms with van der Waals surface area (Å²) in [4.78, 5) is 47.7. The molecule has 0 amide bonds. The van der Waals surface area contributed by atoms with Gasteiger partial charge in [0.15, 0.2) is 0 Å². The Morgan fingerprint density at radius 3 is 2.00 bits per heavy atom. The molecule has 2 rings (SSSR count). The number of benzene rings is 2. The summed E-state index contributed by atoms with van der Waals surface area (Å²) in [6.45, 7) is 5.06. The SMILES string of the molecule is COC(=O)c1ccc(C(=O)OC)c(Sc2ccc(C(=O)OC(C)(C)C)cc2[N+](=O)[O-])c1. The molecule has 9 nitrogen and oxygen atoms in total. The molecule has 0 saturated carbocycles. The predicted octanol–water partition coefficient (Wildman–Crippen LogP) is 4.27. The Kier molecular flexibility index (Phi) is 7.40. The summed E-state index contributed by atoms with van der Waals surface area (Å²) in [5.41, 5.74) is -0.824. The molecule has 0 atom stereocenters. The zero-order valence-corrected chi connectivity index (χ0v) is 18.4. The largest absolute Gasteiger partial charge is 0.465 e. The third kappa shape index (κ3) is 6.05. The first-order valence-corrected chi connectivity index (χ1v) is 9.78. The van der Waals surface area contributed by atoms with Crippen LogP contribution in [0.15, 0.2) is 46.2 Å². The molecule has 0 aliphatic rings. The second-order valence-corrected chi connectivity index (χ2v) is 8.32. The van der Waals surface area contributed by atoms with Gasteiger partial charge in [-0.2, -0.15) is 0 Å². The topological polar surface area (TPSA) is 122 Å². The van der Waals surface area contributed by atoms with Crippen molar-refractivity contribution in [2.45, 2.75) is 36.2 Å². The lowest BCUT2D eigenvalue weighted by Crippen LogP contribution is -2.23. The normalized spacial score (nSPS) is 10.9. The van der Waals surface area contributed by atoms with Crippen molar-refractivity contribution in [3.05, 3.63) is 63.2 Å². The molecule has 0 fully saturated rings. The number of ether oxygens (including phenoxy) is 3. The van der Waals surface area contributed by atoms with Gasteiger partial charge >= 0.3 is 17.9 Å². The van der Waals surface area contributed by atoms with Crippen LogP contribution in [-0.4, -0.2) is 42.7 Å². The van der Waals surface area contributed by atoms with Crippen molar-refractivity contribution in [3.63, 3.8) is 0 Å². The van der Waals surface area contributed by atoms with Crippen molar-refractivity contribution in [2.75, 3.05) is 14.2 Å². The van der Waals surface area contributed by atoms with Crippen LogP contribution in [-0.2, 0) is 14.2 Å². The molecule has 2 aromatic rings. The quantitative estimate of drug-likeness (QED) is 0.276. The van der Waals surface area contributed by atoms with Crippen molar-refractivity contribution in [3.8, 4) is 0 Å². The molecule has 0 aliphatic heterocycles. The van der Waals surface area contributed by atoms with E-state index >= 15 is 0 Å². The molecule has 0 aliphatic carbocycles. The average molecular weight is 447 g/mol. The van der Waals surface area contributed by atoms with E-state index in [4.69, 9.17) is 9.47 Å². The second kappa shape index (κ2) is 9.61. The van der Waals surface area contributed by atoms with Gasteiger partial charge in [0.1, 0.15) is 5.60 Å².